The van der Waals surface area contributed by atoms with E-state index in [-0.39, 0.29) is 17.3 Å². The van der Waals surface area contributed by atoms with E-state index in [0.29, 0.717) is 28.1 Å². The number of anilines is 1. The van der Waals surface area contributed by atoms with Gasteiger partial charge in [-0.2, -0.15) is 0 Å². The second-order valence-corrected chi connectivity index (χ2v) is 7.81. The van der Waals surface area contributed by atoms with Crippen molar-refractivity contribution in [2.24, 2.45) is 10.7 Å². The summed E-state index contributed by atoms with van der Waals surface area (Å²) in [4.78, 5) is 36.5. The number of amidine groups is 1. The topological polar surface area (TPSA) is 136 Å². The molecule has 1 saturated heterocycles. The summed E-state index contributed by atoms with van der Waals surface area (Å²) in [5.41, 5.74) is 6.56. The third kappa shape index (κ3) is 4.83. The van der Waals surface area contributed by atoms with E-state index in [1.54, 1.807) is 36.7 Å². The summed E-state index contributed by atoms with van der Waals surface area (Å²) in [6.07, 6.45) is 8.44. The van der Waals surface area contributed by atoms with Crippen LogP contribution in [0, 0.1) is 0 Å². The van der Waals surface area contributed by atoms with E-state index in [2.05, 4.69) is 25.6 Å². The average molecular weight is 412 g/mol. The molecule has 1 aliphatic carbocycles. The maximum atomic E-state index is 11.7. The van der Waals surface area contributed by atoms with E-state index in [4.69, 9.17) is 10.2 Å². The Labute approximate surface area is 171 Å². The summed E-state index contributed by atoms with van der Waals surface area (Å²) in [5, 5.41) is 5.20. The van der Waals surface area contributed by atoms with Gasteiger partial charge in [-0.3, -0.25) is 19.9 Å². The second kappa shape index (κ2) is 8.48. The lowest BCUT2D eigenvalue weighted by atomic mass is 9.91. The van der Waals surface area contributed by atoms with Gasteiger partial charge in [0.25, 0.3) is 11.1 Å². The van der Waals surface area contributed by atoms with Crippen molar-refractivity contribution in [2.45, 2.75) is 37.8 Å². The molecule has 29 heavy (non-hydrogen) atoms. The number of aliphatic imine (C=N–C) groups is 1. The van der Waals surface area contributed by atoms with Gasteiger partial charge in [0, 0.05) is 12.2 Å². The van der Waals surface area contributed by atoms with Crippen LogP contribution < -0.4 is 16.4 Å². The molecule has 2 aliphatic rings. The van der Waals surface area contributed by atoms with Crippen molar-refractivity contribution < 1.29 is 14.0 Å². The van der Waals surface area contributed by atoms with Crippen LogP contribution in [0.15, 0.2) is 45.0 Å². The Kier molecular flexibility index (Phi) is 5.61. The number of aromatic nitrogens is 2. The van der Waals surface area contributed by atoms with E-state index in [0.717, 1.165) is 37.4 Å². The lowest BCUT2D eigenvalue weighted by Crippen LogP contribution is -2.29. The molecule has 4 N–H and O–H groups in total. The Morgan fingerprint density at radius 2 is 2.14 bits per heavy atom. The number of hydrogen-bond acceptors (Lipinski definition) is 8. The predicted octanol–water partition coefficient (Wildman–Crippen LogP) is 2.52. The number of carbonyl (C=O) groups excluding carboxylic acids is 2. The molecule has 0 aromatic carbocycles. The molecule has 150 valence electrons. The van der Waals surface area contributed by atoms with Crippen LogP contribution in [0.4, 0.5) is 10.7 Å². The molecular weight excluding hydrogens is 392 g/mol. The summed E-state index contributed by atoms with van der Waals surface area (Å²) in [6.45, 7) is 0. The third-order valence-corrected chi connectivity index (χ3v) is 5.53. The zero-order chi connectivity index (χ0) is 20.2. The molecule has 2 aromatic heterocycles. The Bertz CT molecular complexity index is 964. The number of thioether (sulfide) groups is 1. The molecule has 1 aliphatic heterocycles. The number of nitrogens with one attached hydrogen (secondary N) is 2. The van der Waals surface area contributed by atoms with Gasteiger partial charge in [0.1, 0.15) is 0 Å². The van der Waals surface area contributed by atoms with E-state index >= 15 is 0 Å². The molecule has 0 bridgehead atoms. The Hall–Kier alpha value is -3.14. The summed E-state index contributed by atoms with van der Waals surface area (Å²) < 4.78 is 5.27. The largest absolute Gasteiger partial charge is 0.461 e. The molecular formula is C19H20N6O3S. The number of furan rings is 1. The van der Waals surface area contributed by atoms with Crippen molar-refractivity contribution in [2.75, 3.05) is 5.32 Å². The van der Waals surface area contributed by atoms with Crippen molar-refractivity contribution >= 4 is 40.8 Å². The number of nitrogens with two attached hydrogens (primary N) is 1. The highest BCUT2D eigenvalue weighted by atomic mass is 32.2. The Balaban J connectivity index is 1.34. The SMILES string of the molecule is NC(=NC1CCC(Nc2nccc(/C=C3\SC(=O)NC3=O)n2)CC1)c1ccco1. The quantitative estimate of drug-likeness (QED) is 0.387. The first kappa shape index (κ1) is 19.2. The van der Waals surface area contributed by atoms with Gasteiger partial charge in [0.2, 0.25) is 5.95 Å². The first-order valence-electron chi connectivity index (χ1n) is 9.28. The number of nitrogens with zero attached hydrogens (tertiary/aromatic N) is 3. The van der Waals surface area contributed by atoms with Gasteiger partial charge in [-0.25, -0.2) is 9.97 Å². The third-order valence-electron chi connectivity index (χ3n) is 4.72. The number of hydrogen-bond donors (Lipinski definition) is 3. The van der Waals surface area contributed by atoms with Crippen LogP contribution in [0.3, 0.4) is 0 Å². The van der Waals surface area contributed by atoms with Crippen LogP contribution in [0.1, 0.15) is 37.1 Å². The van der Waals surface area contributed by atoms with Crippen LogP contribution in [0.2, 0.25) is 0 Å². The minimum Gasteiger partial charge on any atom is -0.461 e. The number of carbonyl (C=O) groups is 2. The maximum Gasteiger partial charge on any atom is 0.290 e. The second-order valence-electron chi connectivity index (χ2n) is 6.80. The van der Waals surface area contributed by atoms with Gasteiger partial charge in [0.05, 0.1) is 22.9 Å². The normalized spacial score (nSPS) is 24.0. The van der Waals surface area contributed by atoms with Gasteiger partial charge in [0.15, 0.2) is 11.6 Å². The van der Waals surface area contributed by atoms with Crippen molar-refractivity contribution in [3.8, 4) is 0 Å². The van der Waals surface area contributed by atoms with Crippen molar-refractivity contribution in [1.82, 2.24) is 15.3 Å². The molecule has 9 nitrogen and oxygen atoms in total. The summed E-state index contributed by atoms with van der Waals surface area (Å²) in [6, 6.07) is 5.69. The fraction of sp³-hybridized carbons (Fsp3) is 0.316. The molecule has 0 spiro atoms. The van der Waals surface area contributed by atoms with Crippen molar-refractivity contribution in [1.29, 1.82) is 0 Å². The Morgan fingerprint density at radius 1 is 1.31 bits per heavy atom. The van der Waals surface area contributed by atoms with Crippen LogP contribution in [-0.4, -0.2) is 39.0 Å². The molecule has 4 rings (SSSR count). The zero-order valence-corrected chi connectivity index (χ0v) is 16.3. The van der Waals surface area contributed by atoms with Gasteiger partial charge in [-0.15, -0.1) is 0 Å². The number of amides is 2. The molecule has 0 radical (unpaired) electrons. The molecule has 0 unspecified atom stereocenters. The predicted molar refractivity (Wildman–Crippen MR) is 110 cm³/mol. The summed E-state index contributed by atoms with van der Waals surface area (Å²) >= 11 is 0.865. The first-order chi connectivity index (χ1) is 14.1. The maximum absolute atomic E-state index is 11.7. The van der Waals surface area contributed by atoms with Gasteiger partial charge < -0.3 is 15.5 Å². The molecule has 2 amide bonds. The fourth-order valence-electron chi connectivity index (χ4n) is 3.29. The highest BCUT2D eigenvalue weighted by molar-refractivity contribution is 8.18. The molecule has 10 heteroatoms. The zero-order valence-electron chi connectivity index (χ0n) is 15.5. The standard InChI is InChI=1S/C19H20N6O3S/c20-16(14-2-1-9-28-14)22-11-3-5-12(6-4-11)23-18-21-8-7-13(24-18)10-15-17(26)25-19(27)29-15/h1-2,7-12H,3-6H2,(H2,20,22)(H,21,23,24)(H,25,26,27)/b15-10-. The van der Waals surface area contributed by atoms with Crippen LogP contribution in [-0.2, 0) is 4.79 Å². The first-order valence-corrected chi connectivity index (χ1v) is 10.1. The van der Waals surface area contributed by atoms with E-state index in [9.17, 15) is 9.59 Å². The smallest absolute Gasteiger partial charge is 0.290 e. The summed E-state index contributed by atoms with van der Waals surface area (Å²) in [5.74, 6) is 1.13. The summed E-state index contributed by atoms with van der Waals surface area (Å²) in [7, 11) is 0. The monoisotopic (exact) mass is 412 g/mol. The van der Waals surface area contributed by atoms with E-state index < -0.39 is 5.91 Å². The van der Waals surface area contributed by atoms with Gasteiger partial charge in [-0.05, 0) is 61.7 Å². The van der Waals surface area contributed by atoms with E-state index in [1.807, 2.05) is 0 Å². The molecule has 1 saturated carbocycles. The van der Waals surface area contributed by atoms with Crippen molar-refractivity contribution in [3.05, 3.63) is 47.0 Å². The minimum atomic E-state index is -0.402. The molecule has 0 atom stereocenters. The minimum absolute atomic E-state index is 0.172. The van der Waals surface area contributed by atoms with Crippen LogP contribution >= 0.6 is 11.8 Å². The van der Waals surface area contributed by atoms with Crippen molar-refractivity contribution in [3.63, 3.8) is 0 Å². The molecule has 3 heterocycles. The lowest BCUT2D eigenvalue weighted by Gasteiger charge is -2.27. The van der Waals surface area contributed by atoms with Gasteiger partial charge >= 0.3 is 0 Å². The van der Waals surface area contributed by atoms with E-state index in [1.165, 1.54) is 0 Å². The average Bonchev–Trinajstić information content (AvgIpc) is 3.34. The molecule has 2 fully saturated rings. The number of rotatable bonds is 5. The molecule has 2 aromatic rings. The number of imide groups is 1. The highest BCUT2D eigenvalue weighted by Gasteiger charge is 2.25. The lowest BCUT2D eigenvalue weighted by molar-refractivity contribution is -0.115. The van der Waals surface area contributed by atoms with Crippen LogP contribution in [0.5, 0.6) is 0 Å². The highest BCUT2D eigenvalue weighted by Crippen LogP contribution is 2.26. The Morgan fingerprint density at radius 3 is 2.83 bits per heavy atom. The van der Waals surface area contributed by atoms with Crippen LogP contribution in [0.25, 0.3) is 6.08 Å². The van der Waals surface area contributed by atoms with Gasteiger partial charge in [-0.1, -0.05) is 0 Å². The fourth-order valence-corrected chi connectivity index (χ4v) is 3.96.